The molecule has 0 aliphatic heterocycles. The topological polar surface area (TPSA) is 111 Å². The number of likely N-dealkylation sites (N-methyl/N-ethyl adjacent to an activating group) is 1. The van der Waals surface area contributed by atoms with Gasteiger partial charge in [0.15, 0.2) is 12.4 Å². The summed E-state index contributed by atoms with van der Waals surface area (Å²) in [5, 5.41) is 11.8. The molecule has 0 aromatic heterocycles. The first kappa shape index (κ1) is 75.0. The molecule has 0 radical (unpaired) electrons. The van der Waals surface area contributed by atoms with E-state index in [2.05, 4.69) is 123 Å². The third-order valence-corrected chi connectivity index (χ3v) is 13.5. The maximum Gasteiger partial charge on any atom is 0.306 e. The summed E-state index contributed by atoms with van der Waals surface area (Å²) in [5.74, 6) is -2.36. The molecule has 9 heteroatoms. The lowest BCUT2D eigenvalue weighted by Gasteiger charge is -2.26. The lowest BCUT2D eigenvalue weighted by atomic mass is 10.0. The Hall–Kier alpha value is -4.05. The van der Waals surface area contributed by atoms with Crippen molar-refractivity contribution in [2.24, 2.45) is 0 Å². The Morgan fingerprint density at radius 3 is 1.06 bits per heavy atom. The first-order chi connectivity index (χ1) is 38.6. The minimum atomic E-state index is -1.64. The standard InChI is InChI=1S/C70H119NO8/c1-6-8-10-12-14-16-18-20-22-24-26-28-30-32-33-34-35-37-39-41-43-45-47-49-51-53-55-57-59-61-68(73)79-66(65-78-70(69(74)75)76-63-62-71(3,4)5)64-77-67(72)60-58-56-54-52-50-48-46-44-42-40-38-36-31-29-27-25-23-21-19-17-15-13-11-9-7-2/h8,10,14,16,20,22,26,28,32-33,35,37,41,43,47,49,53,55,66,70H,6-7,9,11-13,15,17-19,21,23-25,27,29-31,34,36,38-40,42,44-46,48,50-52,54,56-65H2,1-5H3/b10-8-,16-14-,22-20-,28-26-,33-32-,37-35-,43-41-,49-47-,55-53-. The molecule has 452 valence electrons. The zero-order chi connectivity index (χ0) is 57.6. The van der Waals surface area contributed by atoms with Gasteiger partial charge in [0.05, 0.1) is 40.3 Å². The maximum atomic E-state index is 12.9. The second-order valence-electron chi connectivity index (χ2n) is 22.3. The number of carbonyl (C=O) groups excluding carboxylic acids is 3. The summed E-state index contributed by atoms with van der Waals surface area (Å²) < 4.78 is 22.7. The molecule has 0 aromatic rings. The quantitative estimate of drug-likeness (QED) is 0.0195. The number of carboxylic acids is 1. The van der Waals surface area contributed by atoms with E-state index >= 15 is 0 Å². The van der Waals surface area contributed by atoms with Gasteiger partial charge in [-0.25, -0.2) is 0 Å². The second kappa shape index (κ2) is 60.1. The molecule has 0 aliphatic rings. The Morgan fingerprint density at radius 2 is 0.722 bits per heavy atom. The van der Waals surface area contributed by atoms with Gasteiger partial charge < -0.3 is 33.3 Å². The molecular formula is C70H119NO8. The fourth-order valence-electron chi connectivity index (χ4n) is 8.66. The molecule has 9 nitrogen and oxygen atoms in total. The van der Waals surface area contributed by atoms with Crippen molar-refractivity contribution in [1.29, 1.82) is 0 Å². The monoisotopic (exact) mass is 1100 g/mol. The van der Waals surface area contributed by atoms with Gasteiger partial charge >= 0.3 is 11.9 Å². The molecule has 0 fully saturated rings. The van der Waals surface area contributed by atoms with Crippen molar-refractivity contribution < 1.29 is 42.9 Å². The number of quaternary nitrogens is 1. The summed E-state index contributed by atoms with van der Waals surface area (Å²) in [6, 6.07) is 0. The predicted octanol–water partition coefficient (Wildman–Crippen LogP) is 18.1. The van der Waals surface area contributed by atoms with Crippen molar-refractivity contribution in [2.75, 3.05) is 47.5 Å². The van der Waals surface area contributed by atoms with E-state index in [-0.39, 0.29) is 38.6 Å². The van der Waals surface area contributed by atoms with Gasteiger partial charge in [0.2, 0.25) is 0 Å². The van der Waals surface area contributed by atoms with Crippen molar-refractivity contribution in [1.82, 2.24) is 0 Å². The Balaban J connectivity index is 4.31. The van der Waals surface area contributed by atoms with Crippen molar-refractivity contribution in [2.45, 2.75) is 270 Å². The van der Waals surface area contributed by atoms with Crippen molar-refractivity contribution in [3.63, 3.8) is 0 Å². The number of allylic oxidation sites excluding steroid dienone is 18. The Labute approximate surface area is 485 Å². The van der Waals surface area contributed by atoms with Gasteiger partial charge in [-0.2, -0.15) is 0 Å². The molecule has 0 aromatic carbocycles. The van der Waals surface area contributed by atoms with Crippen LogP contribution in [0.15, 0.2) is 109 Å². The normalized spacial score (nSPS) is 13.5. The van der Waals surface area contributed by atoms with E-state index in [0.717, 1.165) is 77.0 Å². The number of aliphatic carboxylic acids is 1. The van der Waals surface area contributed by atoms with E-state index in [4.69, 9.17) is 18.9 Å². The van der Waals surface area contributed by atoms with Crippen LogP contribution in [-0.2, 0) is 33.3 Å². The van der Waals surface area contributed by atoms with Gasteiger partial charge in [-0.1, -0.05) is 277 Å². The third-order valence-electron chi connectivity index (χ3n) is 13.5. The average Bonchev–Trinajstić information content (AvgIpc) is 3.42. The van der Waals surface area contributed by atoms with Crippen LogP contribution < -0.4 is 5.11 Å². The van der Waals surface area contributed by atoms with Gasteiger partial charge in [0.25, 0.3) is 0 Å². The van der Waals surface area contributed by atoms with Crippen LogP contribution in [0.2, 0.25) is 0 Å². The number of unbranched alkanes of at least 4 members (excludes halogenated alkanes) is 25. The van der Waals surface area contributed by atoms with Crippen LogP contribution >= 0.6 is 0 Å². The highest BCUT2D eigenvalue weighted by Crippen LogP contribution is 2.17. The zero-order valence-corrected chi connectivity index (χ0v) is 51.5. The van der Waals surface area contributed by atoms with E-state index < -0.39 is 24.3 Å². The van der Waals surface area contributed by atoms with Gasteiger partial charge in [-0.3, -0.25) is 9.59 Å². The van der Waals surface area contributed by atoms with E-state index in [1.807, 2.05) is 21.1 Å². The number of hydrogen-bond acceptors (Lipinski definition) is 8. The summed E-state index contributed by atoms with van der Waals surface area (Å²) in [4.78, 5) is 37.4. The molecule has 2 unspecified atom stereocenters. The maximum absolute atomic E-state index is 12.9. The SMILES string of the molecule is CC/C=C\C/C=C\C/C=C\C/C=C\C/C=C\C/C=C\C/C=C\C/C=C\C/C=C\CCCC(=O)OC(COC(=O)CCCCCCCCCCCCCCCCCCCCCCCCCCC)COC(OCC[N+](C)(C)C)C(=O)[O-]. The Kier molecular flexibility index (Phi) is 57.0. The molecule has 0 spiro atoms. The minimum absolute atomic E-state index is 0.132. The summed E-state index contributed by atoms with van der Waals surface area (Å²) >= 11 is 0. The number of rotatable bonds is 58. The summed E-state index contributed by atoms with van der Waals surface area (Å²) in [6.07, 6.45) is 80.2. The largest absolute Gasteiger partial charge is 0.545 e. The molecule has 79 heavy (non-hydrogen) atoms. The second-order valence-corrected chi connectivity index (χ2v) is 22.3. The molecule has 0 saturated heterocycles. The van der Waals surface area contributed by atoms with Gasteiger partial charge in [0, 0.05) is 12.8 Å². The zero-order valence-electron chi connectivity index (χ0n) is 51.5. The van der Waals surface area contributed by atoms with Crippen LogP contribution in [0.3, 0.4) is 0 Å². The number of esters is 2. The fraction of sp³-hybridized carbons (Fsp3) is 0.700. The number of nitrogens with zero attached hydrogens (tertiary/aromatic N) is 1. The Morgan fingerprint density at radius 1 is 0.392 bits per heavy atom. The lowest BCUT2D eigenvalue weighted by Crippen LogP contribution is -2.44. The average molecular weight is 1100 g/mol. The van der Waals surface area contributed by atoms with Crippen LogP contribution in [0.5, 0.6) is 0 Å². The van der Waals surface area contributed by atoms with Crippen LogP contribution in [-0.4, -0.2) is 82.3 Å². The van der Waals surface area contributed by atoms with Gasteiger partial charge in [-0.15, -0.1) is 0 Å². The van der Waals surface area contributed by atoms with E-state index in [1.165, 1.54) is 141 Å². The molecule has 0 amide bonds. The molecule has 2 atom stereocenters. The van der Waals surface area contributed by atoms with Crippen LogP contribution in [0, 0.1) is 0 Å². The summed E-state index contributed by atoms with van der Waals surface area (Å²) in [6.45, 7) is 4.58. The molecule has 0 saturated carbocycles. The number of carboxylic acid groups (broad SMARTS) is 1. The summed E-state index contributed by atoms with van der Waals surface area (Å²) in [7, 11) is 5.90. The Bertz CT molecular complexity index is 1660. The highest BCUT2D eigenvalue weighted by atomic mass is 16.7. The van der Waals surface area contributed by atoms with Crippen LogP contribution in [0.4, 0.5) is 0 Å². The van der Waals surface area contributed by atoms with E-state index in [1.54, 1.807) is 0 Å². The van der Waals surface area contributed by atoms with E-state index in [9.17, 15) is 19.5 Å². The highest BCUT2D eigenvalue weighted by molar-refractivity contribution is 5.70. The van der Waals surface area contributed by atoms with Crippen molar-refractivity contribution in [3.8, 4) is 0 Å². The third kappa shape index (κ3) is 61.4. The minimum Gasteiger partial charge on any atom is -0.545 e. The molecule has 0 rings (SSSR count). The first-order valence-corrected chi connectivity index (χ1v) is 32.0. The molecule has 0 aliphatic carbocycles. The number of ether oxygens (including phenoxy) is 4. The van der Waals surface area contributed by atoms with Crippen molar-refractivity contribution in [3.05, 3.63) is 109 Å². The van der Waals surface area contributed by atoms with E-state index in [0.29, 0.717) is 23.9 Å². The molecular weight excluding hydrogens is 983 g/mol. The summed E-state index contributed by atoms with van der Waals surface area (Å²) in [5.41, 5.74) is 0. The number of carbonyl (C=O) groups is 3. The van der Waals surface area contributed by atoms with Crippen LogP contribution in [0.25, 0.3) is 0 Å². The predicted molar refractivity (Wildman–Crippen MR) is 333 cm³/mol. The molecule has 0 N–H and O–H groups in total. The molecule has 0 bridgehead atoms. The highest BCUT2D eigenvalue weighted by Gasteiger charge is 2.22. The van der Waals surface area contributed by atoms with Crippen molar-refractivity contribution >= 4 is 17.9 Å². The van der Waals surface area contributed by atoms with Gasteiger partial charge in [-0.05, 0) is 77.0 Å². The number of hydrogen-bond donors (Lipinski definition) is 0. The smallest absolute Gasteiger partial charge is 0.306 e. The molecule has 0 heterocycles. The lowest BCUT2D eigenvalue weighted by molar-refractivity contribution is -0.870. The first-order valence-electron chi connectivity index (χ1n) is 32.0. The van der Waals surface area contributed by atoms with Gasteiger partial charge in [0.1, 0.15) is 13.2 Å². The van der Waals surface area contributed by atoms with Crippen LogP contribution in [0.1, 0.15) is 258 Å². The fourth-order valence-corrected chi connectivity index (χ4v) is 8.66.